The molecule has 2 fully saturated rings. The zero-order chi connectivity index (χ0) is 22.5. The smallest absolute Gasteiger partial charge is 0.325 e. The molecule has 1 aromatic heterocycles. The molecule has 1 heterocycles. The number of nitrogens with zero attached hydrogens (tertiary/aromatic N) is 2. The van der Waals surface area contributed by atoms with Gasteiger partial charge >= 0.3 is 12.0 Å². The summed E-state index contributed by atoms with van der Waals surface area (Å²) in [5.41, 5.74) is 0.175. The van der Waals surface area contributed by atoms with Gasteiger partial charge in [0.25, 0.3) is 0 Å². The molecule has 4 rings (SSSR count). The summed E-state index contributed by atoms with van der Waals surface area (Å²) in [4.78, 5) is 32.2. The number of benzene rings is 1. The van der Waals surface area contributed by atoms with E-state index in [1.165, 1.54) is 37.4 Å². The number of hydrogen-bond acceptors (Lipinski definition) is 6. The lowest BCUT2D eigenvalue weighted by Gasteiger charge is -2.27. The number of ether oxygens (including phenoxy) is 2. The Bertz CT molecular complexity index is 963. The van der Waals surface area contributed by atoms with Crippen molar-refractivity contribution in [3.05, 3.63) is 41.4 Å². The molecule has 8 nitrogen and oxygen atoms in total. The lowest BCUT2D eigenvalue weighted by atomic mass is 9.87. The van der Waals surface area contributed by atoms with Gasteiger partial charge in [0, 0.05) is 24.3 Å². The van der Waals surface area contributed by atoms with Crippen LogP contribution in [0.1, 0.15) is 38.5 Å². The summed E-state index contributed by atoms with van der Waals surface area (Å²) in [5, 5.41) is 5.12. The molecule has 32 heavy (non-hydrogen) atoms. The first kappa shape index (κ1) is 22.4. The Kier molecular flexibility index (Phi) is 7.16. The third-order valence-corrected chi connectivity index (χ3v) is 5.73. The van der Waals surface area contributed by atoms with Crippen LogP contribution in [0.3, 0.4) is 0 Å². The molecule has 0 atom stereocenters. The molecule has 2 aliphatic rings. The van der Waals surface area contributed by atoms with Crippen molar-refractivity contribution in [3.63, 3.8) is 0 Å². The molecule has 170 valence electrons. The molecular formula is C22H24ClFN4O4. The van der Waals surface area contributed by atoms with Crippen LogP contribution < -0.4 is 15.4 Å². The second-order valence-electron chi connectivity index (χ2n) is 8.12. The van der Waals surface area contributed by atoms with Crippen LogP contribution in [0, 0.1) is 17.7 Å². The minimum absolute atomic E-state index is 0.0648. The van der Waals surface area contributed by atoms with Gasteiger partial charge < -0.3 is 14.8 Å². The van der Waals surface area contributed by atoms with Crippen LogP contribution in [0.15, 0.2) is 30.6 Å². The number of imide groups is 1. The minimum atomic E-state index is -0.725. The van der Waals surface area contributed by atoms with Gasteiger partial charge in [-0.3, -0.25) is 10.1 Å². The Morgan fingerprint density at radius 3 is 2.47 bits per heavy atom. The van der Waals surface area contributed by atoms with E-state index in [0.717, 1.165) is 31.4 Å². The number of nitrogens with one attached hydrogen (secondary N) is 2. The van der Waals surface area contributed by atoms with Crippen molar-refractivity contribution < 1.29 is 23.5 Å². The fourth-order valence-electron chi connectivity index (χ4n) is 3.54. The maximum absolute atomic E-state index is 14.3. The fourth-order valence-corrected chi connectivity index (χ4v) is 3.64. The molecule has 0 aliphatic heterocycles. The van der Waals surface area contributed by atoms with Gasteiger partial charge in [0.2, 0.25) is 5.91 Å². The maximum atomic E-state index is 14.3. The highest BCUT2D eigenvalue weighted by Gasteiger charge is 2.29. The quantitative estimate of drug-likeness (QED) is 0.618. The highest BCUT2D eigenvalue weighted by atomic mass is 35.5. The van der Waals surface area contributed by atoms with Crippen LogP contribution in [0.5, 0.6) is 11.8 Å². The molecule has 2 saturated carbocycles. The molecule has 10 heteroatoms. The van der Waals surface area contributed by atoms with Gasteiger partial charge in [-0.05, 0) is 56.6 Å². The van der Waals surface area contributed by atoms with Crippen LogP contribution in [0.2, 0.25) is 5.02 Å². The number of rotatable bonds is 7. The topological polar surface area (TPSA) is 102 Å². The number of halogens is 2. The summed E-state index contributed by atoms with van der Waals surface area (Å²) >= 11 is 5.70. The molecule has 2 aromatic rings. The minimum Gasteiger partial charge on any atom is -0.421 e. The average molecular weight is 463 g/mol. The van der Waals surface area contributed by atoms with Crippen molar-refractivity contribution in [3.8, 4) is 11.8 Å². The van der Waals surface area contributed by atoms with Gasteiger partial charge in [0.15, 0.2) is 11.6 Å². The summed E-state index contributed by atoms with van der Waals surface area (Å²) in [6.45, 7) is 0.817. The zero-order valence-corrected chi connectivity index (χ0v) is 18.1. The molecule has 2 aliphatic carbocycles. The van der Waals surface area contributed by atoms with E-state index in [9.17, 15) is 14.0 Å². The average Bonchev–Trinajstić information content (AvgIpc) is 3.60. The van der Waals surface area contributed by atoms with E-state index < -0.39 is 11.8 Å². The van der Waals surface area contributed by atoms with Crippen LogP contribution in [0.25, 0.3) is 0 Å². The molecule has 2 N–H and O–H groups in total. The zero-order valence-electron chi connectivity index (χ0n) is 17.4. The van der Waals surface area contributed by atoms with E-state index in [2.05, 4.69) is 20.6 Å². The Morgan fingerprint density at radius 2 is 1.81 bits per heavy atom. The number of carbonyl (C=O) groups excluding carboxylic acids is 2. The second-order valence-corrected chi connectivity index (χ2v) is 8.56. The van der Waals surface area contributed by atoms with Crippen molar-refractivity contribution in [1.29, 1.82) is 0 Å². The van der Waals surface area contributed by atoms with E-state index in [1.54, 1.807) is 0 Å². The summed E-state index contributed by atoms with van der Waals surface area (Å²) in [5.74, 6) is -0.681. The number of amides is 3. The molecule has 1 aromatic carbocycles. The predicted octanol–water partition coefficient (Wildman–Crippen LogP) is 4.69. The maximum Gasteiger partial charge on any atom is 0.325 e. The van der Waals surface area contributed by atoms with E-state index in [-0.39, 0.29) is 35.4 Å². The third kappa shape index (κ3) is 6.37. The van der Waals surface area contributed by atoms with Crippen LogP contribution in [-0.4, -0.2) is 34.6 Å². The molecule has 0 saturated heterocycles. The molecule has 0 radical (unpaired) electrons. The van der Waals surface area contributed by atoms with Gasteiger partial charge in [-0.2, -0.15) is 0 Å². The Labute approximate surface area is 189 Å². The summed E-state index contributed by atoms with van der Waals surface area (Å²) in [7, 11) is 0. The van der Waals surface area contributed by atoms with Crippen molar-refractivity contribution in [2.45, 2.75) is 44.6 Å². The van der Waals surface area contributed by atoms with Gasteiger partial charge in [0.05, 0.1) is 23.5 Å². The van der Waals surface area contributed by atoms with E-state index in [4.69, 9.17) is 21.1 Å². The third-order valence-electron chi connectivity index (χ3n) is 5.53. The highest BCUT2D eigenvalue weighted by Crippen LogP contribution is 2.32. The summed E-state index contributed by atoms with van der Waals surface area (Å²) in [6, 6.07) is 3.08. The Balaban J connectivity index is 1.23. The number of anilines is 1. The van der Waals surface area contributed by atoms with Gasteiger partial charge in [-0.15, -0.1) is 0 Å². The van der Waals surface area contributed by atoms with E-state index >= 15 is 0 Å². The number of carbonyl (C=O) groups is 2. The number of urea groups is 1. The SMILES string of the molecule is O=C(NC(=O)C1CCC(OCC2CC2)CC1)Nc1ccc(Oc2ncc(Cl)cn2)c(F)c1. The first-order valence-electron chi connectivity index (χ1n) is 10.6. The van der Waals surface area contributed by atoms with Crippen LogP contribution in [-0.2, 0) is 9.53 Å². The lowest BCUT2D eigenvalue weighted by Crippen LogP contribution is -2.40. The van der Waals surface area contributed by atoms with E-state index in [0.29, 0.717) is 17.9 Å². The monoisotopic (exact) mass is 462 g/mol. The van der Waals surface area contributed by atoms with E-state index in [1.807, 2.05) is 0 Å². The first-order chi connectivity index (χ1) is 15.5. The van der Waals surface area contributed by atoms with Crippen LogP contribution >= 0.6 is 11.6 Å². The lowest BCUT2D eigenvalue weighted by molar-refractivity contribution is -0.125. The van der Waals surface area contributed by atoms with Crippen molar-refractivity contribution in [2.24, 2.45) is 11.8 Å². The van der Waals surface area contributed by atoms with Gasteiger partial charge in [-0.25, -0.2) is 19.2 Å². The van der Waals surface area contributed by atoms with Gasteiger partial charge in [0.1, 0.15) is 0 Å². The molecule has 0 spiro atoms. The predicted molar refractivity (Wildman–Crippen MR) is 115 cm³/mol. The molecular weight excluding hydrogens is 439 g/mol. The normalized spacial score (nSPS) is 20.4. The molecule has 0 bridgehead atoms. The number of hydrogen-bond donors (Lipinski definition) is 2. The standard InChI is InChI=1S/C22H24ClFN4O4/c23-15-10-25-22(26-11-15)32-19-8-5-16(9-18(19)24)27-21(30)28-20(29)14-3-6-17(7-4-14)31-12-13-1-2-13/h5,8-11,13-14,17H,1-4,6-7,12H2,(H2,27,28,29,30). The van der Waals surface area contributed by atoms with Crippen molar-refractivity contribution >= 4 is 29.2 Å². The van der Waals surface area contributed by atoms with Crippen molar-refractivity contribution in [2.75, 3.05) is 11.9 Å². The fraction of sp³-hybridized carbons (Fsp3) is 0.455. The highest BCUT2D eigenvalue weighted by molar-refractivity contribution is 6.30. The number of aromatic nitrogens is 2. The Hall–Kier alpha value is -2.78. The largest absolute Gasteiger partial charge is 0.421 e. The van der Waals surface area contributed by atoms with Crippen LogP contribution in [0.4, 0.5) is 14.9 Å². The molecule has 3 amide bonds. The summed E-state index contributed by atoms with van der Waals surface area (Å²) in [6.07, 6.45) is 8.36. The molecule has 0 unspecified atom stereocenters. The first-order valence-corrected chi connectivity index (χ1v) is 11.0. The van der Waals surface area contributed by atoms with Crippen molar-refractivity contribution in [1.82, 2.24) is 15.3 Å². The second kappa shape index (κ2) is 10.2. The van der Waals surface area contributed by atoms with Gasteiger partial charge in [-0.1, -0.05) is 11.6 Å². The summed E-state index contributed by atoms with van der Waals surface area (Å²) < 4.78 is 25.5. The Morgan fingerprint density at radius 1 is 1.09 bits per heavy atom.